The van der Waals surface area contributed by atoms with Crippen LogP contribution in [0, 0.1) is 6.92 Å². The molecule has 0 aliphatic rings. The fourth-order valence-electron chi connectivity index (χ4n) is 1.52. The topological polar surface area (TPSA) is 42.0 Å². The molecule has 0 aromatic carbocycles. The molecule has 0 spiro atoms. The summed E-state index contributed by atoms with van der Waals surface area (Å²) in [5.41, 5.74) is 2.92. The van der Waals surface area contributed by atoms with Crippen LogP contribution in [0.1, 0.15) is 15.4 Å². The molecule has 0 radical (unpaired) electrons. The van der Waals surface area contributed by atoms with Crippen LogP contribution in [0.2, 0.25) is 0 Å². The van der Waals surface area contributed by atoms with Crippen molar-refractivity contribution in [1.29, 1.82) is 0 Å². The zero-order valence-electron chi connectivity index (χ0n) is 9.60. The predicted octanol–water partition coefficient (Wildman–Crippen LogP) is 2.41. The highest BCUT2D eigenvalue weighted by Crippen LogP contribution is 2.12. The van der Waals surface area contributed by atoms with Crippen molar-refractivity contribution in [3.63, 3.8) is 0 Å². The first-order valence-electron chi connectivity index (χ1n) is 5.44. The SMILES string of the molecule is Cc1ncsc1CCNC(=O)Cc1cccs1. The van der Waals surface area contributed by atoms with Crippen LogP contribution in [-0.2, 0) is 17.6 Å². The molecular formula is C12H14N2OS2. The van der Waals surface area contributed by atoms with Gasteiger partial charge in [-0.05, 0) is 18.4 Å². The van der Waals surface area contributed by atoms with Crippen LogP contribution in [-0.4, -0.2) is 17.4 Å². The fourth-order valence-corrected chi connectivity index (χ4v) is 3.00. The Morgan fingerprint density at radius 1 is 1.47 bits per heavy atom. The number of rotatable bonds is 5. The number of thiophene rings is 1. The maximum Gasteiger partial charge on any atom is 0.225 e. The van der Waals surface area contributed by atoms with Gasteiger partial charge in [0.1, 0.15) is 0 Å². The first-order chi connectivity index (χ1) is 8.25. The third-order valence-corrected chi connectivity index (χ3v) is 4.31. The van der Waals surface area contributed by atoms with Crippen LogP contribution in [0.4, 0.5) is 0 Å². The zero-order chi connectivity index (χ0) is 12.1. The lowest BCUT2D eigenvalue weighted by atomic mass is 10.3. The van der Waals surface area contributed by atoms with Crippen molar-refractivity contribution >= 4 is 28.6 Å². The van der Waals surface area contributed by atoms with Crippen molar-refractivity contribution in [2.75, 3.05) is 6.54 Å². The molecule has 0 saturated carbocycles. The Bertz CT molecular complexity index is 476. The number of carbonyl (C=O) groups excluding carboxylic acids is 1. The van der Waals surface area contributed by atoms with Crippen molar-refractivity contribution in [1.82, 2.24) is 10.3 Å². The van der Waals surface area contributed by atoms with Crippen LogP contribution in [0.15, 0.2) is 23.0 Å². The molecule has 2 aromatic rings. The number of aromatic nitrogens is 1. The molecule has 90 valence electrons. The quantitative estimate of drug-likeness (QED) is 0.903. The van der Waals surface area contributed by atoms with Crippen LogP contribution in [0.5, 0.6) is 0 Å². The highest BCUT2D eigenvalue weighted by molar-refractivity contribution is 7.10. The van der Waals surface area contributed by atoms with Gasteiger partial charge in [0.15, 0.2) is 0 Å². The summed E-state index contributed by atoms with van der Waals surface area (Å²) in [5, 5.41) is 4.92. The molecule has 2 aromatic heterocycles. The average Bonchev–Trinajstić information content (AvgIpc) is 2.91. The number of hydrogen-bond acceptors (Lipinski definition) is 4. The van der Waals surface area contributed by atoms with Crippen molar-refractivity contribution < 1.29 is 4.79 Å². The van der Waals surface area contributed by atoms with E-state index in [0.29, 0.717) is 13.0 Å². The first-order valence-corrected chi connectivity index (χ1v) is 7.19. The molecule has 0 atom stereocenters. The summed E-state index contributed by atoms with van der Waals surface area (Å²) in [4.78, 5) is 18.1. The van der Waals surface area contributed by atoms with Crippen LogP contribution in [0.3, 0.4) is 0 Å². The molecule has 0 unspecified atom stereocenters. The minimum Gasteiger partial charge on any atom is -0.355 e. The molecule has 2 heterocycles. The zero-order valence-corrected chi connectivity index (χ0v) is 11.2. The van der Waals surface area contributed by atoms with Crippen molar-refractivity contribution in [2.24, 2.45) is 0 Å². The number of nitrogens with zero attached hydrogens (tertiary/aromatic N) is 1. The lowest BCUT2D eigenvalue weighted by Gasteiger charge is -2.03. The standard InChI is InChI=1S/C12H14N2OS2/c1-9-11(17-8-14-9)4-5-13-12(15)7-10-3-2-6-16-10/h2-3,6,8H,4-5,7H2,1H3,(H,13,15). The Morgan fingerprint density at radius 2 is 2.35 bits per heavy atom. The molecule has 0 aliphatic heterocycles. The van der Waals surface area contributed by atoms with Gasteiger partial charge >= 0.3 is 0 Å². The highest BCUT2D eigenvalue weighted by Gasteiger charge is 2.05. The second-order valence-corrected chi connectivity index (χ2v) is 5.69. The molecule has 1 N–H and O–H groups in total. The van der Waals surface area contributed by atoms with Crippen molar-refractivity contribution in [3.05, 3.63) is 38.5 Å². The molecule has 0 saturated heterocycles. The van der Waals surface area contributed by atoms with E-state index in [2.05, 4.69) is 10.3 Å². The third-order valence-electron chi connectivity index (χ3n) is 2.43. The number of hydrogen-bond donors (Lipinski definition) is 1. The normalized spacial score (nSPS) is 10.4. The van der Waals surface area contributed by atoms with Gasteiger partial charge < -0.3 is 5.32 Å². The second-order valence-electron chi connectivity index (χ2n) is 3.72. The van der Waals surface area contributed by atoms with Gasteiger partial charge in [-0.1, -0.05) is 6.07 Å². The molecule has 1 amide bonds. The number of carbonyl (C=O) groups is 1. The summed E-state index contributed by atoms with van der Waals surface area (Å²) >= 11 is 3.26. The van der Waals surface area contributed by atoms with Gasteiger partial charge in [0.2, 0.25) is 5.91 Å². The Labute approximate surface area is 109 Å². The largest absolute Gasteiger partial charge is 0.355 e. The summed E-state index contributed by atoms with van der Waals surface area (Å²) in [6.45, 7) is 2.69. The van der Waals surface area contributed by atoms with E-state index >= 15 is 0 Å². The Balaban J connectivity index is 1.72. The van der Waals surface area contributed by atoms with Gasteiger partial charge in [0.25, 0.3) is 0 Å². The van der Waals surface area contributed by atoms with Crippen molar-refractivity contribution in [3.8, 4) is 0 Å². The number of aryl methyl sites for hydroxylation is 1. The highest BCUT2D eigenvalue weighted by atomic mass is 32.1. The smallest absolute Gasteiger partial charge is 0.225 e. The van der Waals surface area contributed by atoms with E-state index < -0.39 is 0 Å². The van der Waals surface area contributed by atoms with Gasteiger partial charge in [0, 0.05) is 22.7 Å². The van der Waals surface area contributed by atoms with Gasteiger partial charge in [-0.15, -0.1) is 22.7 Å². The van der Waals surface area contributed by atoms with E-state index in [9.17, 15) is 4.79 Å². The second kappa shape index (κ2) is 5.93. The lowest BCUT2D eigenvalue weighted by molar-refractivity contribution is -0.120. The van der Waals surface area contributed by atoms with E-state index in [4.69, 9.17) is 0 Å². The Morgan fingerprint density at radius 3 is 3.00 bits per heavy atom. The molecular weight excluding hydrogens is 252 g/mol. The number of thiazole rings is 1. The van der Waals surface area contributed by atoms with Crippen LogP contribution in [0.25, 0.3) is 0 Å². The summed E-state index contributed by atoms with van der Waals surface area (Å²) < 4.78 is 0. The van der Waals surface area contributed by atoms with Crippen LogP contribution < -0.4 is 5.32 Å². The van der Waals surface area contributed by atoms with Crippen molar-refractivity contribution in [2.45, 2.75) is 19.8 Å². The molecule has 0 bridgehead atoms. The minimum absolute atomic E-state index is 0.0922. The summed E-state index contributed by atoms with van der Waals surface area (Å²) in [6.07, 6.45) is 1.35. The number of amides is 1. The number of nitrogens with one attached hydrogen (secondary N) is 1. The predicted molar refractivity (Wildman–Crippen MR) is 71.6 cm³/mol. The first kappa shape index (κ1) is 12.3. The molecule has 0 fully saturated rings. The third kappa shape index (κ3) is 3.64. The van der Waals surface area contributed by atoms with E-state index in [1.807, 2.05) is 29.9 Å². The molecule has 3 nitrogen and oxygen atoms in total. The van der Waals surface area contributed by atoms with E-state index in [0.717, 1.165) is 17.0 Å². The van der Waals surface area contributed by atoms with E-state index in [1.54, 1.807) is 22.7 Å². The Hall–Kier alpha value is -1.20. The summed E-state index contributed by atoms with van der Waals surface area (Å²) in [5.74, 6) is 0.0922. The monoisotopic (exact) mass is 266 g/mol. The molecule has 2 rings (SSSR count). The molecule has 17 heavy (non-hydrogen) atoms. The van der Waals surface area contributed by atoms with Gasteiger partial charge in [-0.2, -0.15) is 0 Å². The van der Waals surface area contributed by atoms with Crippen LogP contribution >= 0.6 is 22.7 Å². The summed E-state index contributed by atoms with van der Waals surface area (Å²) in [6, 6.07) is 3.95. The minimum atomic E-state index is 0.0922. The lowest BCUT2D eigenvalue weighted by Crippen LogP contribution is -2.26. The van der Waals surface area contributed by atoms with Gasteiger partial charge in [-0.3, -0.25) is 4.79 Å². The maximum absolute atomic E-state index is 11.6. The van der Waals surface area contributed by atoms with E-state index in [-0.39, 0.29) is 5.91 Å². The molecule has 0 aliphatic carbocycles. The maximum atomic E-state index is 11.6. The average molecular weight is 266 g/mol. The van der Waals surface area contributed by atoms with E-state index in [1.165, 1.54) is 4.88 Å². The van der Waals surface area contributed by atoms with Gasteiger partial charge in [0.05, 0.1) is 17.6 Å². The van der Waals surface area contributed by atoms with Gasteiger partial charge in [-0.25, -0.2) is 4.98 Å². The summed E-state index contributed by atoms with van der Waals surface area (Å²) in [7, 11) is 0. The fraction of sp³-hybridized carbons (Fsp3) is 0.333. The Kier molecular flexibility index (Phi) is 4.28. The molecule has 5 heteroatoms.